The molecule has 2 rings (SSSR count). The number of hydrogen-bond acceptors (Lipinski definition) is 4. The van der Waals surface area contributed by atoms with Crippen LogP contribution < -0.4 is 14.8 Å². The molecule has 0 fully saturated rings. The molecule has 1 N–H and O–H groups in total. The molecular formula is C16H20N2O2. The van der Waals surface area contributed by atoms with Crippen LogP contribution in [-0.2, 0) is 0 Å². The largest absolute Gasteiger partial charge is 0.480 e. The van der Waals surface area contributed by atoms with E-state index in [9.17, 15) is 0 Å². The van der Waals surface area contributed by atoms with E-state index in [2.05, 4.69) is 22.4 Å². The van der Waals surface area contributed by atoms with Crippen LogP contribution in [0.4, 0.5) is 0 Å². The van der Waals surface area contributed by atoms with Crippen molar-refractivity contribution in [1.29, 1.82) is 0 Å². The molecule has 0 spiro atoms. The summed E-state index contributed by atoms with van der Waals surface area (Å²) in [6.07, 6.45) is 2.54. The van der Waals surface area contributed by atoms with E-state index < -0.39 is 0 Å². The van der Waals surface area contributed by atoms with Gasteiger partial charge in [0.15, 0.2) is 5.75 Å². The Balaban J connectivity index is 2.19. The Labute approximate surface area is 119 Å². The second kappa shape index (κ2) is 7.50. The highest BCUT2D eigenvalue weighted by atomic mass is 16.5. The minimum Gasteiger partial charge on any atom is -0.480 e. The van der Waals surface area contributed by atoms with Crippen LogP contribution in [0, 0.1) is 0 Å². The maximum absolute atomic E-state index is 6.10. The molecule has 2 aromatic rings. The minimum absolute atomic E-state index is 0.0262. The zero-order valence-corrected chi connectivity index (χ0v) is 11.9. The van der Waals surface area contributed by atoms with Crippen LogP contribution in [0.3, 0.4) is 0 Å². The van der Waals surface area contributed by atoms with E-state index in [1.54, 1.807) is 13.3 Å². The van der Waals surface area contributed by atoms with Gasteiger partial charge in [-0.2, -0.15) is 0 Å². The summed E-state index contributed by atoms with van der Waals surface area (Å²) in [6.45, 7) is 0.877. The Morgan fingerprint density at radius 3 is 2.65 bits per heavy atom. The minimum atomic E-state index is -0.0262. The second-order valence-corrected chi connectivity index (χ2v) is 4.42. The first-order chi connectivity index (χ1) is 9.85. The van der Waals surface area contributed by atoms with E-state index in [1.807, 2.05) is 37.4 Å². The first-order valence-electron chi connectivity index (χ1n) is 6.70. The average molecular weight is 272 g/mol. The van der Waals surface area contributed by atoms with Crippen molar-refractivity contribution in [3.8, 4) is 11.6 Å². The third-order valence-corrected chi connectivity index (χ3v) is 3.03. The number of ether oxygens (including phenoxy) is 2. The van der Waals surface area contributed by atoms with Gasteiger partial charge >= 0.3 is 0 Å². The maximum atomic E-state index is 6.10. The molecular weight excluding hydrogens is 252 g/mol. The molecule has 0 aliphatic rings. The number of rotatable bonds is 7. The molecule has 1 atom stereocenters. The Morgan fingerprint density at radius 2 is 1.95 bits per heavy atom. The van der Waals surface area contributed by atoms with Gasteiger partial charge in [-0.05, 0) is 31.3 Å². The smallest absolute Gasteiger partial charge is 0.256 e. The number of nitrogens with one attached hydrogen (secondary N) is 1. The van der Waals surface area contributed by atoms with Gasteiger partial charge in [0, 0.05) is 12.6 Å². The lowest BCUT2D eigenvalue weighted by Gasteiger charge is -2.20. The van der Waals surface area contributed by atoms with Gasteiger partial charge in [-0.3, -0.25) is 0 Å². The average Bonchev–Trinajstić information content (AvgIpc) is 2.52. The van der Waals surface area contributed by atoms with Gasteiger partial charge in [-0.1, -0.05) is 30.3 Å². The van der Waals surface area contributed by atoms with Crippen LogP contribution >= 0.6 is 0 Å². The number of hydrogen-bond donors (Lipinski definition) is 1. The topological polar surface area (TPSA) is 43.4 Å². The molecule has 1 unspecified atom stereocenters. The summed E-state index contributed by atoms with van der Waals surface area (Å²) in [7, 11) is 3.53. The van der Waals surface area contributed by atoms with Crippen molar-refractivity contribution in [2.75, 3.05) is 20.7 Å². The quantitative estimate of drug-likeness (QED) is 0.841. The third-order valence-electron chi connectivity index (χ3n) is 3.03. The SMILES string of the molecule is CNCCC(Oc1cccnc1OC)c1ccccc1. The molecule has 0 saturated carbocycles. The Bertz CT molecular complexity index is 517. The number of nitrogens with zero attached hydrogens (tertiary/aromatic N) is 1. The van der Waals surface area contributed by atoms with Crippen molar-refractivity contribution in [2.45, 2.75) is 12.5 Å². The zero-order valence-electron chi connectivity index (χ0n) is 11.9. The van der Waals surface area contributed by atoms with Gasteiger partial charge in [-0.25, -0.2) is 4.98 Å². The molecule has 0 aliphatic heterocycles. The summed E-state index contributed by atoms with van der Waals surface area (Å²) >= 11 is 0. The molecule has 20 heavy (non-hydrogen) atoms. The van der Waals surface area contributed by atoms with Crippen LogP contribution in [0.2, 0.25) is 0 Å². The first-order valence-corrected chi connectivity index (χ1v) is 6.70. The lowest BCUT2D eigenvalue weighted by atomic mass is 10.1. The highest BCUT2D eigenvalue weighted by Crippen LogP contribution is 2.30. The molecule has 0 bridgehead atoms. The monoisotopic (exact) mass is 272 g/mol. The summed E-state index contributed by atoms with van der Waals surface area (Å²) in [5.74, 6) is 1.18. The van der Waals surface area contributed by atoms with E-state index in [1.165, 1.54) is 0 Å². The molecule has 1 heterocycles. The highest BCUT2D eigenvalue weighted by Gasteiger charge is 2.15. The van der Waals surface area contributed by atoms with Crippen molar-refractivity contribution in [1.82, 2.24) is 10.3 Å². The number of pyridine rings is 1. The Morgan fingerprint density at radius 1 is 1.15 bits per heavy atom. The van der Waals surface area contributed by atoms with Crippen LogP contribution in [0.1, 0.15) is 18.1 Å². The fourth-order valence-corrected chi connectivity index (χ4v) is 2.01. The van der Waals surface area contributed by atoms with Crippen LogP contribution in [0.25, 0.3) is 0 Å². The van der Waals surface area contributed by atoms with Crippen molar-refractivity contribution in [3.05, 3.63) is 54.2 Å². The lowest BCUT2D eigenvalue weighted by molar-refractivity contribution is 0.185. The van der Waals surface area contributed by atoms with E-state index in [4.69, 9.17) is 9.47 Å². The normalized spacial score (nSPS) is 11.9. The predicted molar refractivity (Wildman–Crippen MR) is 79.1 cm³/mol. The zero-order chi connectivity index (χ0) is 14.2. The van der Waals surface area contributed by atoms with E-state index in [-0.39, 0.29) is 6.10 Å². The second-order valence-electron chi connectivity index (χ2n) is 4.42. The Kier molecular flexibility index (Phi) is 5.38. The van der Waals surface area contributed by atoms with E-state index >= 15 is 0 Å². The molecule has 1 aromatic heterocycles. The van der Waals surface area contributed by atoms with Gasteiger partial charge in [0.1, 0.15) is 6.10 Å². The summed E-state index contributed by atoms with van der Waals surface area (Å²) in [5, 5.41) is 3.16. The maximum Gasteiger partial charge on any atom is 0.256 e. The summed E-state index contributed by atoms with van der Waals surface area (Å²) in [5.41, 5.74) is 1.15. The fraction of sp³-hybridized carbons (Fsp3) is 0.312. The van der Waals surface area contributed by atoms with Crippen molar-refractivity contribution >= 4 is 0 Å². The van der Waals surface area contributed by atoms with E-state index in [0.29, 0.717) is 11.6 Å². The van der Waals surface area contributed by atoms with E-state index in [0.717, 1.165) is 18.5 Å². The Hall–Kier alpha value is -2.07. The van der Waals surface area contributed by atoms with Gasteiger partial charge in [0.25, 0.3) is 5.88 Å². The van der Waals surface area contributed by atoms with Crippen LogP contribution in [-0.4, -0.2) is 25.7 Å². The van der Waals surface area contributed by atoms with Crippen molar-refractivity contribution in [3.63, 3.8) is 0 Å². The number of benzene rings is 1. The molecule has 1 aromatic carbocycles. The molecule has 0 aliphatic carbocycles. The summed E-state index contributed by atoms with van der Waals surface area (Å²) < 4.78 is 11.3. The molecule has 4 heteroatoms. The van der Waals surface area contributed by atoms with Crippen LogP contribution in [0.15, 0.2) is 48.7 Å². The molecule has 0 radical (unpaired) electrons. The lowest BCUT2D eigenvalue weighted by Crippen LogP contribution is -2.16. The molecule has 4 nitrogen and oxygen atoms in total. The first kappa shape index (κ1) is 14.3. The third kappa shape index (κ3) is 3.71. The fourth-order valence-electron chi connectivity index (χ4n) is 2.01. The molecule has 106 valence electrons. The molecule has 0 amide bonds. The molecule has 0 saturated heterocycles. The van der Waals surface area contributed by atoms with Crippen LogP contribution in [0.5, 0.6) is 11.6 Å². The van der Waals surface area contributed by atoms with Gasteiger partial charge in [0.05, 0.1) is 7.11 Å². The number of aromatic nitrogens is 1. The predicted octanol–water partition coefficient (Wildman–Crippen LogP) is 2.82. The van der Waals surface area contributed by atoms with Crippen molar-refractivity contribution in [2.24, 2.45) is 0 Å². The highest BCUT2D eigenvalue weighted by molar-refractivity contribution is 5.33. The number of methoxy groups -OCH3 is 1. The van der Waals surface area contributed by atoms with Gasteiger partial charge < -0.3 is 14.8 Å². The summed E-state index contributed by atoms with van der Waals surface area (Å²) in [6, 6.07) is 13.9. The standard InChI is InChI=1S/C16H20N2O2/c1-17-12-10-14(13-7-4-3-5-8-13)20-15-9-6-11-18-16(15)19-2/h3-9,11,14,17H,10,12H2,1-2H3. The van der Waals surface area contributed by atoms with Crippen molar-refractivity contribution < 1.29 is 9.47 Å². The van der Waals surface area contributed by atoms with Gasteiger partial charge in [-0.15, -0.1) is 0 Å². The summed E-state index contributed by atoms with van der Waals surface area (Å²) in [4.78, 5) is 4.16. The van der Waals surface area contributed by atoms with Gasteiger partial charge in [0.2, 0.25) is 0 Å².